The molecule has 150 valence electrons. The van der Waals surface area contributed by atoms with Crippen LogP contribution in [-0.4, -0.2) is 31.0 Å². The lowest BCUT2D eigenvalue weighted by atomic mass is 9.78. The van der Waals surface area contributed by atoms with Crippen molar-refractivity contribution in [3.05, 3.63) is 40.5 Å². The number of aliphatic hydroxyl groups excluding tert-OH is 1. The number of thiocarbonyl (C=S) groups is 1. The third kappa shape index (κ3) is 2.25. The van der Waals surface area contributed by atoms with Crippen molar-refractivity contribution in [1.82, 2.24) is 4.57 Å². The smallest absolute Gasteiger partial charge is 0.417 e. The van der Waals surface area contributed by atoms with Gasteiger partial charge in [0.25, 0.3) is 0 Å². The largest absolute Gasteiger partial charge is 0.494 e. The molecule has 2 aromatic rings. The summed E-state index contributed by atoms with van der Waals surface area (Å²) in [5.41, 5.74) is 1.90. The Morgan fingerprint density at radius 3 is 2.43 bits per heavy atom. The van der Waals surface area contributed by atoms with Gasteiger partial charge in [-0.05, 0) is 32.0 Å². The van der Waals surface area contributed by atoms with Gasteiger partial charge in [0.1, 0.15) is 10.6 Å². The van der Waals surface area contributed by atoms with Gasteiger partial charge in [0, 0.05) is 12.0 Å². The van der Waals surface area contributed by atoms with Gasteiger partial charge in [-0.1, -0.05) is 12.2 Å². The number of nitrogens with two attached hydrogens (primary N) is 1. The SMILES string of the molecule is CC12C[C@H](O)C(C)(O1)c1c2c(O)n(-c2ccc(C(N)=S)c(C(F)(F)F)c2)c1O. The summed E-state index contributed by atoms with van der Waals surface area (Å²) in [6.07, 6.45) is -5.50. The Morgan fingerprint density at radius 2 is 1.86 bits per heavy atom. The van der Waals surface area contributed by atoms with E-state index in [4.69, 9.17) is 22.7 Å². The second kappa shape index (κ2) is 5.40. The lowest BCUT2D eigenvalue weighted by Crippen LogP contribution is -2.32. The van der Waals surface area contributed by atoms with Crippen molar-refractivity contribution >= 4 is 17.2 Å². The van der Waals surface area contributed by atoms with E-state index in [1.165, 1.54) is 6.07 Å². The van der Waals surface area contributed by atoms with Crippen molar-refractivity contribution in [2.75, 3.05) is 0 Å². The summed E-state index contributed by atoms with van der Waals surface area (Å²) >= 11 is 4.69. The van der Waals surface area contributed by atoms with Crippen molar-refractivity contribution in [1.29, 1.82) is 0 Å². The first-order chi connectivity index (χ1) is 12.8. The minimum absolute atomic E-state index is 0.127. The minimum Gasteiger partial charge on any atom is -0.494 e. The summed E-state index contributed by atoms with van der Waals surface area (Å²) in [5, 5.41) is 31.8. The Kier molecular flexibility index (Phi) is 3.67. The third-order valence-electron chi connectivity index (χ3n) is 5.63. The number of rotatable bonds is 2. The zero-order chi connectivity index (χ0) is 20.8. The fourth-order valence-corrected chi connectivity index (χ4v) is 4.57. The highest BCUT2D eigenvalue weighted by atomic mass is 32.1. The maximum Gasteiger partial charge on any atom is 0.417 e. The van der Waals surface area contributed by atoms with E-state index in [2.05, 4.69) is 0 Å². The summed E-state index contributed by atoms with van der Waals surface area (Å²) < 4.78 is 47.2. The molecule has 2 aliphatic heterocycles. The van der Waals surface area contributed by atoms with Crippen LogP contribution in [0.3, 0.4) is 0 Å². The molecule has 1 saturated heterocycles. The van der Waals surface area contributed by atoms with Crippen LogP contribution in [0.25, 0.3) is 5.69 Å². The van der Waals surface area contributed by atoms with E-state index in [1.807, 2.05) is 0 Å². The molecule has 0 saturated carbocycles. The lowest BCUT2D eigenvalue weighted by molar-refractivity contribution is -0.137. The van der Waals surface area contributed by atoms with Gasteiger partial charge >= 0.3 is 6.18 Å². The molecule has 3 atom stereocenters. The first-order valence-electron chi connectivity index (χ1n) is 8.38. The van der Waals surface area contributed by atoms with E-state index in [1.54, 1.807) is 13.8 Å². The van der Waals surface area contributed by atoms with Crippen LogP contribution in [-0.2, 0) is 22.1 Å². The monoisotopic (exact) mass is 414 g/mol. The molecule has 4 rings (SSSR count). The van der Waals surface area contributed by atoms with Gasteiger partial charge in [0.2, 0.25) is 11.8 Å². The highest BCUT2D eigenvalue weighted by Gasteiger charge is 2.64. The van der Waals surface area contributed by atoms with Crippen LogP contribution in [0.15, 0.2) is 18.2 Å². The number of aromatic hydroxyl groups is 2. The summed E-state index contributed by atoms with van der Waals surface area (Å²) in [4.78, 5) is -0.420. The molecule has 5 N–H and O–H groups in total. The lowest BCUT2D eigenvalue weighted by Gasteiger charge is -2.25. The molecule has 2 unspecified atom stereocenters. The van der Waals surface area contributed by atoms with Crippen LogP contribution in [0.5, 0.6) is 11.8 Å². The summed E-state index contributed by atoms with van der Waals surface area (Å²) in [6.45, 7) is 3.21. The van der Waals surface area contributed by atoms with Crippen molar-refractivity contribution in [3.8, 4) is 17.4 Å². The molecule has 2 bridgehead atoms. The quantitative estimate of drug-likeness (QED) is 0.564. The Bertz CT molecular complexity index is 1030. The number of benzene rings is 1. The second-order valence-electron chi connectivity index (χ2n) is 7.48. The van der Waals surface area contributed by atoms with Gasteiger partial charge in [0.15, 0.2) is 0 Å². The molecule has 1 aromatic heterocycles. The van der Waals surface area contributed by atoms with E-state index in [9.17, 15) is 28.5 Å². The molecule has 6 nitrogen and oxygen atoms in total. The molecular formula is C18H17F3N2O4S. The standard InChI is InChI=1S/C18H17F3N2O4S/c1-16-6-10(24)17(2,27-16)12-11(16)14(25)23(15(12)26)7-3-4-8(13(22)28)9(5-7)18(19,20)21/h3-5,10,24-26H,6H2,1-2H3,(H2,22,28)/t10-,16?,17?/m0/s1. The van der Waals surface area contributed by atoms with Crippen LogP contribution in [0.2, 0.25) is 0 Å². The van der Waals surface area contributed by atoms with Crippen LogP contribution < -0.4 is 5.73 Å². The van der Waals surface area contributed by atoms with Gasteiger partial charge in [-0.15, -0.1) is 0 Å². The van der Waals surface area contributed by atoms with Crippen LogP contribution >= 0.6 is 12.2 Å². The highest BCUT2D eigenvalue weighted by Crippen LogP contribution is 2.64. The van der Waals surface area contributed by atoms with Gasteiger partial charge < -0.3 is 25.8 Å². The molecule has 1 aromatic carbocycles. The zero-order valence-electron chi connectivity index (χ0n) is 14.8. The van der Waals surface area contributed by atoms with Crippen LogP contribution in [0.4, 0.5) is 13.2 Å². The molecule has 0 spiro atoms. The van der Waals surface area contributed by atoms with Crippen LogP contribution in [0.1, 0.15) is 42.5 Å². The molecular weight excluding hydrogens is 397 g/mol. The van der Waals surface area contributed by atoms with Crippen molar-refractivity contribution in [2.45, 2.75) is 43.8 Å². The Morgan fingerprint density at radius 1 is 1.25 bits per heavy atom. The van der Waals surface area contributed by atoms with Crippen molar-refractivity contribution < 1.29 is 33.2 Å². The van der Waals surface area contributed by atoms with E-state index < -0.39 is 45.8 Å². The molecule has 0 aliphatic carbocycles. The third-order valence-corrected chi connectivity index (χ3v) is 5.85. The maximum absolute atomic E-state index is 13.5. The molecule has 0 radical (unpaired) electrons. The van der Waals surface area contributed by atoms with Crippen LogP contribution in [0, 0.1) is 0 Å². The van der Waals surface area contributed by atoms with Gasteiger partial charge in [-0.25, -0.2) is 0 Å². The van der Waals surface area contributed by atoms with Crippen molar-refractivity contribution in [3.63, 3.8) is 0 Å². The molecule has 10 heteroatoms. The molecule has 2 aliphatic rings. The minimum atomic E-state index is -4.74. The first-order valence-corrected chi connectivity index (χ1v) is 8.79. The molecule has 1 fully saturated rings. The van der Waals surface area contributed by atoms with E-state index in [0.717, 1.165) is 16.7 Å². The molecule has 28 heavy (non-hydrogen) atoms. The summed E-state index contributed by atoms with van der Waals surface area (Å²) in [5.74, 6) is -0.935. The number of hydrogen-bond acceptors (Lipinski definition) is 5. The number of nitrogens with zero attached hydrogens (tertiary/aromatic N) is 1. The normalized spacial score (nSPS) is 28.6. The molecule has 3 heterocycles. The number of ether oxygens (including phenoxy) is 1. The first kappa shape index (κ1) is 19.0. The Labute approximate surface area is 163 Å². The fourth-order valence-electron chi connectivity index (χ4n) is 4.40. The number of aliphatic hydroxyl groups is 1. The number of hydrogen-bond donors (Lipinski definition) is 4. The predicted molar refractivity (Wildman–Crippen MR) is 96.4 cm³/mol. The van der Waals surface area contributed by atoms with Gasteiger partial charge in [0.05, 0.1) is 34.1 Å². The summed E-state index contributed by atoms with van der Waals surface area (Å²) in [7, 11) is 0. The molecule has 0 amide bonds. The maximum atomic E-state index is 13.5. The van der Waals surface area contributed by atoms with Gasteiger partial charge in [-0.3, -0.25) is 4.57 Å². The van der Waals surface area contributed by atoms with Crippen molar-refractivity contribution in [2.24, 2.45) is 5.73 Å². The Hall–Kier alpha value is -2.30. The number of alkyl halides is 3. The Balaban J connectivity index is 1.97. The number of fused-ring (bicyclic) bond motifs is 5. The predicted octanol–water partition coefficient (Wildman–Crippen LogP) is 2.77. The zero-order valence-corrected chi connectivity index (χ0v) is 15.6. The highest BCUT2D eigenvalue weighted by molar-refractivity contribution is 7.80. The summed E-state index contributed by atoms with van der Waals surface area (Å²) in [6, 6.07) is 3.11. The fraction of sp³-hybridized carbons (Fsp3) is 0.389. The number of aromatic nitrogens is 1. The average Bonchev–Trinajstić information content (AvgIpc) is 3.07. The topological polar surface area (TPSA) is 101 Å². The van der Waals surface area contributed by atoms with E-state index in [-0.39, 0.29) is 28.8 Å². The van der Waals surface area contributed by atoms with E-state index in [0.29, 0.717) is 0 Å². The number of halogens is 3. The van der Waals surface area contributed by atoms with E-state index >= 15 is 0 Å². The average molecular weight is 414 g/mol. The van der Waals surface area contributed by atoms with Gasteiger partial charge in [-0.2, -0.15) is 13.2 Å². The second-order valence-corrected chi connectivity index (χ2v) is 7.92.